The van der Waals surface area contributed by atoms with Crippen molar-refractivity contribution < 1.29 is 19.4 Å². The molecule has 3 N–H and O–H groups in total. The van der Waals surface area contributed by atoms with Gasteiger partial charge in [0.1, 0.15) is 5.82 Å². The van der Waals surface area contributed by atoms with Gasteiger partial charge in [-0.25, -0.2) is 14.3 Å². The molecule has 5 rings (SSSR count). The largest absolute Gasteiger partial charge is 0.465 e. The summed E-state index contributed by atoms with van der Waals surface area (Å²) in [5.41, 5.74) is 3.32. The summed E-state index contributed by atoms with van der Waals surface area (Å²) in [5, 5.41) is 20.3. The molecule has 10 heteroatoms. The minimum absolute atomic E-state index is 0.0964. The Kier molecular flexibility index (Phi) is 6.88. The molecule has 2 aliphatic rings. The first kappa shape index (κ1) is 23.8. The van der Waals surface area contributed by atoms with E-state index in [9.17, 15) is 14.7 Å². The van der Waals surface area contributed by atoms with Crippen LogP contribution in [0.15, 0.2) is 60.7 Å². The van der Waals surface area contributed by atoms with Crippen LogP contribution in [-0.4, -0.2) is 76.2 Å². The molecule has 3 amide bonds. The Bertz CT molecular complexity index is 1220. The predicted molar refractivity (Wildman–Crippen MR) is 134 cm³/mol. The third-order valence-corrected chi connectivity index (χ3v) is 6.81. The topological polar surface area (TPSA) is 112 Å². The van der Waals surface area contributed by atoms with Crippen LogP contribution in [0.4, 0.5) is 15.4 Å². The van der Waals surface area contributed by atoms with E-state index >= 15 is 0 Å². The van der Waals surface area contributed by atoms with Gasteiger partial charge in [-0.05, 0) is 17.7 Å². The maximum Gasteiger partial charge on any atom is 0.407 e. The minimum Gasteiger partial charge on any atom is -0.465 e. The van der Waals surface area contributed by atoms with Crippen molar-refractivity contribution in [3.8, 4) is 5.69 Å². The van der Waals surface area contributed by atoms with Crippen molar-refractivity contribution in [1.82, 2.24) is 24.9 Å². The van der Waals surface area contributed by atoms with E-state index in [0.717, 1.165) is 18.8 Å². The lowest BCUT2D eigenvalue weighted by Gasteiger charge is -2.21. The number of rotatable bonds is 7. The standard InChI is InChI=1S/C26H30N6O4/c1-36-13-12-30-14-20(18-8-4-2-5-9-18)22(16-30)27-25(33)28-24-21-15-31(26(34)35)17-23(21)29-32(24)19-10-6-3-7-11-19/h2-11,20,22H,12-17H2,1H3,(H,34,35)(H2,27,28,33)/t20-,22-/m0/s1. The van der Waals surface area contributed by atoms with Crippen molar-refractivity contribution in [2.75, 3.05) is 38.7 Å². The second-order valence-electron chi connectivity index (χ2n) is 9.13. The van der Waals surface area contributed by atoms with Crippen LogP contribution >= 0.6 is 0 Å². The Balaban J connectivity index is 1.37. The van der Waals surface area contributed by atoms with Gasteiger partial charge in [-0.3, -0.25) is 15.1 Å². The lowest BCUT2D eigenvalue weighted by atomic mass is 9.94. The fourth-order valence-corrected chi connectivity index (χ4v) is 5.02. The number of fused-ring (bicyclic) bond motifs is 1. The summed E-state index contributed by atoms with van der Waals surface area (Å²) in [5.74, 6) is 0.629. The number of para-hydroxylation sites is 1. The third kappa shape index (κ3) is 4.91. The molecule has 0 spiro atoms. The molecule has 1 aromatic heterocycles. The molecular formula is C26H30N6O4. The van der Waals surface area contributed by atoms with E-state index < -0.39 is 6.09 Å². The summed E-state index contributed by atoms with van der Waals surface area (Å²) in [7, 11) is 1.69. The number of carbonyl (C=O) groups is 2. The number of benzene rings is 2. The number of anilines is 1. The number of carbonyl (C=O) groups excluding carboxylic acids is 1. The fourth-order valence-electron chi connectivity index (χ4n) is 5.02. The van der Waals surface area contributed by atoms with Crippen molar-refractivity contribution >= 4 is 17.9 Å². The third-order valence-electron chi connectivity index (χ3n) is 6.81. The van der Waals surface area contributed by atoms with Crippen molar-refractivity contribution in [3.05, 3.63) is 77.5 Å². The minimum atomic E-state index is -1.01. The quantitative estimate of drug-likeness (QED) is 0.469. The molecule has 0 radical (unpaired) electrons. The Morgan fingerprint density at radius 2 is 1.78 bits per heavy atom. The molecule has 1 saturated heterocycles. The molecule has 0 aliphatic carbocycles. The van der Waals surface area contributed by atoms with Crippen LogP contribution in [0.3, 0.4) is 0 Å². The van der Waals surface area contributed by atoms with Gasteiger partial charge in [-0.2, -0.15) is 5.10 Å². The molecule has 1 fully saturated rings. The van der Waals surface area contributed by atoms with Crippen molar-refractivity contribution in [1.29, 1.82) is 0 Å². The van der Waals surface area contributed by atoms with Crippen LogP contribution < -0.4 is 10.6 Å². The number of methoxy groups -OCH3 is 1. The highest BCUT2D eigenvalue weighted by Gasteiger charge is 2.36. The lowest BCUT2D eigenvalue weighted by molar-refractivity contribution is 0.144. The zero-order valence-corrected chi connectivity index (χ0v) is 20.1. The number of nitrogens with zero attached hydrogens (tertiary/aromatic N) is 4. The smallest absolute Gasteiger partial charge is 0.407 e. The van der Waals surface area contributed by atoms with Crippen LogP contribution in [0.1, 0.15) is 22.7 Å². The SMILES string of the molecule is COCCN1C[C@H](NC(=O)Nc2c3c(nn2-c2ccccc2)CN(C(=O)O)C3)[C@H](c2ccccc2)C1. The molecule has 2 aliphatic heterocycles. The number of hydrogen-bond acceptors (Lipinski definition) is 5. The summed E-state index contributed by atoms with van der Waals surface area (Å²) in [4.78, 5) is 28.4. The maximum atomic E-state index is 13.3. The fraction of sp³-hybridized carbons (Fsp3) is 0.346. The molecule has 0 unspecified atom stereocenters. The van der Waals surface area contributed by atoms with Gasteiger partial charge in [0.2, 0.25) is 0 Å². The number of amides is 3. The van der Waals surface area contributed by atoms with Gasteiger partial charge in [0.15, 0.2) is 0 Å². The average Bonchev–Trinajstić information content (AvgIpc) is 3.58. The molecule has 0 saturated carbocycles. The Morgan fingerprint density at radius 3 is 2.47 bits per heavy atom. The number of hydrogen-bond donors (Lipinski definition) is 3. The van der Waals surface area contributed by atoms with E-state index in [2.05, 4.69) is 32.8 Å². The van der Waals surface area contributed by atoms with E-state index in [1.165, 1.54) is 10.5 Å². The molecule has 2 aromatic carbocycles. The molecule has 2 atom stereocenters. The van der Waals surface area contributed by atoms with Crippen LogP contribution in [0, 0.1) is 0 Å². The number of nitrogens with one attached hydrogen (secondary N) is 2. The van der Waals surface area contributed by atoms with Crippen LogP contribution in [0.5, 0.6) is 0 Å². The first-order valence-electron chi connectivity index (χ1n) is 12.0. The number of ether oxygens (including phenoxy) is 1. The lowest BCUT2D eigenvalue weighted by Crippen LogP contribution is -2.42. The summed E-state index contributed by atoms with van der Waals surface area (Å²) in [6.07, 6.45) is -1.01. The highest BCUT2D eigenvalue weighted by atomic mass is 16.5. The first-order valence-corrected chi connectivity index (χ1v) is 12.0. The maximum absolute atomic E-state index is 13.3. The van der Waals surface area contributed by atoms with Gasteiger partial charge in [-0.15, -0.1) is 0 Å². The second-order valence-corrected chi connectivity index (χ2v) is 9.13. The Labute approximate surface area is 209 Å². The predicted octanol–water partition coefficient (Wildman–Crippen LogP) is 3.10. The number of urea groups is 1. The number of aromatic nitrogens is 2. The van der Waals surface area contributed by atoms with Gasteiger partial charge in [0.25, 0.3) is 0 Å². The molecule has 36 heavy (non-hydrogen) atoms. The zero-order chi connectivity index (χ0) is 25.1. The summed E-state index contributed by atoms with van der Waals surface area (Å²) in [6, 6.07) is 19.3. The monoisotopic (exact) mass is 490 g/mol. The number of carboxylic acid groups (broad SMARTS) is 1. The van der Waals surface area contributed by atoms with Crippen molar-refractivity contribution in [2.24, 2.45) is 0 Å². The highest BCUT2D eigenvalue weighted by Crippen LogP contribution is 2.32. The second kappa shape index (κ2) is 10.4. The molecule has 3 heterocycles. The van der Waals surface area contributed by atoms with Gasteiger partial charge >= 0.3 is 12.1 Å². The molecule has 10 nitrogen and oxygen atoms in total. The van der Waals surface area contributed by atoms with E-state index in [1.807, 2.05) is 48.5 Å². The first-order chi connectivity index (χ1) is 17.5. The normalized spacial score (nSPS) is 19.3. The average molecular weight is 491 g/mol. The molecular weight excluding hydrogens is 460 g/mol. The Hall–Kier alpha value is -3.89. The van der Waals surface area contributed by atoms with Crippen molar-refractivity contribution in [3.63, 3.8) is 0 Å². The zero-order valence-electron chi connectivity index (χ0n) is 20.1. The van der Waals surface area contributed by atoms with Crippen molar-refractivity contribution in [2.45, 2.75) is 25.0 Å². The number of likely N-dealkylation sites (tertiary alicyclic amines) is 1. The van der Waals surface area contributed by atoms with Gasteiger partial charge in [0, 0.05) is 38.2 Å². The van der Waals surface area contributed by atoms with Crippen LogP contribution in [0.2, 0.25) is 0 Å². The molecule has 0 bridgehead atoms. The highest BCUT2D eigenvalue weighted by molar-refractivity contribution is 5.90. The molecule has 3 aromatic rings. The van der Waals surface area contributed by atoms with E-state index in [0.29, 0.717) is 30.2 Å². The van der Waals surface area contributed by atoms with Gasteiger partial charge in [-0.1, -0.05) is 48.5 Å². The van der Waals surface area contributed by atoms with Gasteiger partial charge < -0.3 is 15.2 Å². The summed E-state index contributed by atoms with van der Waals surface area (Å²) < 4.78 is 6.94. The van der Waals surface area contributed by atoms with E-state index in [4.69, 9.17) is 4.74 Å². The summed E-state index contributed by atoms with van der Waals surface area (Å²) in [6.45, 7) is 3.31. The van der Waals surface area contributed by atoms with Crippen LogP contribution in [-0.2, 0) is 17.8 Å². The molecule has 188 valence electrons. The Morgan fingerprint density at radius 1 is 1.06 bits per heavy atom. The summed E-state index contributed by atoms with van der Waals surface area (Å²) >= 11 is 0. The van der Waals surface area contributed by atoms with E-state index in [-0.39, 0.29) is 31.1 Å². The van der Waals surface area contributed by atoms with Gasteiger partial charge in [0.05, 0.1) is 37.1 Å². The van der Waals surface area contributed by atoms with E-state index in [1.54, 1.807) is 11.8 Å². The van der Waals surface area contributed by atoms with Crippen LogP contribution in [0.25, 0.3) is 5.69 Å².